The average molecular weight is 234 g/mol. The van der Waals surface area contributed by atoms with Gasteiger partial charge >= 0.3 is 0 Å². The van der Waals surface area contributed by atoms with E-state index in [4.69, 9.17) is 5.73 Å². The number of aromatic nitrogens is 4. The van der Waals surface area contributed by atoms with Crippen molar-refractivity contribution in [1.29, 1.82) is 0 Å². The van der Waals surface area contributed by atoms with Gasteiger partial charge in [-0.2, -0.15) is 5.10 Å². The fourth-order valence-corrected chi connectivity index (χ4v) is 1.55. The van der Waals surface area contributed by atoms with E-state index in [1.54, 1.807) is 23.9 Å². The Kier molecular flexibility index (Phi) is 3.08. The zero-order chi connectivity index (χ0) is 12.3. The third-order valence-corrected chi connectivity index (χ3v) is 2.37. The standard InChI is InChI=1S/C10H14N6O/c1-16-5-7(11)4-8(16)10(17)12-3-2-9-13-6-14-15-9/h4-6H,2-3,11H2,1H3,(H,12,17)(H,13,14,15). The van der Waals surface area contributed by atoms with E-state index in [1.807, 2.05) is 0 Å². The van der Waals surface area contributed by atoms with Crippen molar-refractivity contribution in [3.63, 3.8) is 0 Å². The summed E-state index contributed by atoms with van der Waals surface area (Å²) in [7, 11) is 1.78. The first-order chi connectivity index (χ1) is 8.16. The molecule has 0 saturated carbocycles. The van der Waals surface area contributed by atoms with Gasteiger partial charge in [0.1, 0.15) is 17.8 Å². The van der Waals surface area contributed by atoms with Crippen molar-refractivity contribution in [2.24, 2.45) is 7.05 Å². The summed E-state index contributed by atoms with van der Waals surface area (Å²) < 4.78 is 1.69. The molecular weight excluding hydrogens is 220 g/mol. The van der Waals surface area contributed by atoms with Crippen molar-refractivity contribution < 1.29 is 4.79 Å². The molecule has 4 N–H and O–H groups in total. The molecule has 0 aliphatic carbocycles. The van der Waals surface area contributed by atoms with Crippen LogP contribution in [0.5, 0.6) is 0 Å². The Hall–Kier alpha value is -2.31. The maximum atomic E-state index is 11.8. The lowest BCUT2D eigenvalue weighted by Crippen LogP contribution is -2.27. The zero-order valence-corrected chi connectivity index (χ0v) is 9.47. The van der Waals surface area contributed by atoms with E-state index in [0.717, 1.165) is 5.82 Å². The second-order valence-electron chi connectivity index (χ2n) is 3.71. The normalized spacial score (nSPS) is 10.4. The predicted octanol–water partition coefficient (Wildman–Crippen LogP) is -0.302. The molecule has 0 unspecified atom stereocenters. The summed E-state index contributed by atoms with van der Waals surface area (Å²) in [5.41, 5.74) is 6.72. The van der Waals surface area contributed by atoms with Gasteiger partial charge in [0.15, 0.2) is 0 Å². The molecule has 7 nitrogen and oxygen atoms in total. The number of carbonyl (C=O) groups excluding carboxylic acids is 1. The lowest BCUT2D eigenvalue weighted by molar-refractivity contribution is 0.0946. The number of carbonyl (C=O) groups is 1. The fraction of sp³-hybridized carbons (Fsp3) is 0.300. The van der Waals surface area contributed by atoms with Gasteiger partial charge in [0, 0.05) is 26.2 Å². The molecule has 2 aromatic heterocycles. The number of hydrogen-bond donors (Lipinski definition) is 3. The number of H-pyrrole nitrogens is 1. The van der Waals surface area contributed by atoms with Gasteiger partial charge in [-0.15, -0.1) is 0 Å². The van der Waals surface area contributed by atoms with E-state index in [2.05, 4.69) is 20.5 Å². The third kappa shape index (κ3) is 2.63. The summed E-state index contributed by atoms with van der Waals surface area (Å²) >= 11 is 0. The molecule has 2 heterocycles. The number of anilines is 1. The second-order valence-corrected chi connectivity index (χ2v) is 3.71. The molecular formula is C10H14N6O. The second kappa shape index (κ2) is 4.69. The smallest absolute Gasteiger partial charge is 0.267 e. The van der Waals surface area contributed by atoms with Crippen molar-refractivity contribution in [3.8, 4) is 0 Å². The molecule has 0 bridgehead atoms. The van der Waals surface area contributed by atoms with Crippen molar-refractivity contribution in [3.05, 3.63) is 30.1 Å². The van der Waals surface area contributed by atoms with Crippen LogP contribution >= 0.6 is 0 Å². The molecule has 0 aliphatic heterocycles. The van der Waals surface area contributed by atoms with E-state index in [-0.39, 0.29) is 5.91 Å². The van der Waals surface area contributed by atoms with Gasteiger partial charge in [0.2, 0.25) is 0 Å². The van der Waals surface area contributed by atoms with Gasteiger partial charge in [-0.1, -0.05) is 0 Å². The van der Waals surface area contributed by atoms with Crippen LogP contribution in [0.3, 0.4) is 0 Å². The first kappa shape index (κ1) is 11.2. The Labute approximate surface area is 98.0 Å². The first-order valence-electron chi connectivity index (χ1n) is 5.21. The van der Waals surface area contributed by atoms with Crippen molar-refractivity contribution in [2.45, 2.75) is 6.42 Å². The number of amides is 1. The van der Waals surface area contributed by atoms with E-state index in [0.29, 0.717) is 24.3 Å². The minimum Gasteiger partial charge on any atom is -0.397 e. The third-order valence-electron chi connectivity index (χ3n) is 2.37. The van der Waals surface area contributed by atoms with Crippen LogP contribution in [0.4, 0.5) is 5.69 Å². The molecule has 0 atom stereocenters. The van der Waals surface area contributed by atoms with Crippen LogP contribution in [0, 0.1) is 0 Å². The highest BCUT2D eigenvalue weighted by Crippen LogP contribution is 2.08. The summed E-state index contributed by atoms with van der Waals surface area (Å²) in [6.07, 6.45) is 3.76. The molecule has 0 aliphatic rings. The van der Waals surface area contributed by atoms with E-state index in [9.17, 15) is 4.79 Å². The molecule has 17 heavy (non-hydrogen) atoms. The largest absolute Gasteiger partial charge is 0.397 e. The molecule has 0 radical (unpaired) electrons. The van der Waals surface area contributed by atoms with Crippen LogP contribution in [0.1, 0.15) is 16.3 Å². The Morgan fingerprint density at radius 1 is 1.65 bits per heavy atom. The SMILES string of the molecule is Cn1cc(N)cc1C(=O)NCCc1ncn[nH]1. The number of nitrogens with zero attached hydrogens (tertiary/aromatic N) is 3. The Bertz CT molecular complexity index is 501. The lowest BCUT2D eigenvalue weighted by atomic mass is 10.3. The summed E-state index contributed by atoms with van der Waals surface area (Å²) in [6, 6.07) is 1.64. The minimum atomic E-state index is -0.149. The maximum absolute atomic E-state index is 11.8. The van der Waals surface area contributed by atoms with E-state index >= 15 is 0 Å². The summed E-state index contributed by atoms with van der Waals surface area (Å²) in [4.78, 5) is 15.7. The van der Waals surface area contributed by atoms with Crippen molar-refractivity contribution in [1.82, 2.24) is 25.1 Å². The van der Waals surface area contributed by atoms with Crippen molar-refractivity contribution in [2.75, 3.05) is 12.3 Å². The van der Waals surface area contributed by atoms with Gasteiger partial charge in [-0.05, 0) is 6.07 Å². The van der Waals surface area contributed by atoms with Gasteiger partial charge < -0.3 is 15.6 Å². The van der Waals surface area contributed by atoms with Gasteiger partial charge in [0.05, 0.1) is 5.69 Å². The highest BCUT2D eigenvalue weighted by atomic mass is 16.1. The summed E-state index contributed by atoms with van der Waals surface area (Å²) in [6.45, 7) is 0.499. The number of aryl methyl sites for hydroxylation is 1. The number of aromatic amines is 1. The molecule has 0 saturated heterocycles. The number of nitrogens with one attached hydrogen (secondary N) is 2. The topological polar surface area (TPSA) is 102 Å². The van der Waals surface area contributed by atoms with Crippen LogP contribution in [0.15, 0.2) is 18.6 Å². The minimum absolute atomic E-state index is 0.149. The number of rotatable bonds is 4. The van der Waals surface area contributed by atoms with Gasteiger partial charge in [0.25, 0.3) is 5.91 Å². The van der Waals surface area contributed by atoms with Crippen LogP contribution in [-0.4, -0.2) is 32.2 Å². The quantitative estimate of drug-likeness (QED) is 0.675. The molecule has 0 spiro atoms. The van der Waals surface area contributed by atoms with Crippen LogP contribution in [-0.2, 0) is 13.5 Å². The molecule has 0 fully saturated rings. The zero-order valence-electron chi connectivity index (χ0n) is 9.47. The van der Waals surface area contributed by atoms with Gasteiger partial charge in [-0.3, -0.25) is 9.89 Å². The van der Waals surface area contributed by atoms with E-state index < -0.39 is 0 Å². The first-order valence-corrected chi connectivity index (χ1v) is 5.21. The highest BCUT2D eigenvalue weighted by molar-refractivity contribution is 5.93. The molecule has 2 rings (SSSR count). The molecule has 2 aromatic rings. The van der Waals surface area contributed by atoms with Gasteiger partial charge in [-0.25, -0.2) is 4.98 Å². The van der Waals surface area contributed by atoms with Crippen LogP contribution < -0.4 is 11.1 Å². The molecule has 90 valence electrons. The lowest BCUT2D eigenvalue weighted by Gasteiger charge is -2.04. The number of hydrogen-bond acceptors (Lipinski definition) is 4. The van der Waals surface area contributed by atoms with Crippen LogP contribution in [0.25, 0.3) is 0 Å². The molecule has 0 aromatic carbocycles. The Morgan fingerprint density at radius 2 is 2.47 bits per heavy atom. The van der Waals surface area contributed by atoms with E-state index in [1.165, 1.54) is 6.33 Å². The molecule has 7 heteroatoms. The summed E-state index contributed by atoms with van der Waals surface area (Å²) in [5, 5.41) is 9.24. The fourth-order valence-electron chi connectivity index (χ4n) is 1.55. The predicted molar refractivity (Wildman–Crippen MR) is 62.2 cm³/mol. The molecule has 1 amide bonds. The number of nitrogen functional groups attached to an aromatic ring is 1. The Morgan fingerprint density at radius 3 is 3.06 bits per heavy atom. The van der Waals surface area contributed by atoms with Crippen LogP contribution in [0.2, 0.25) is 0 Å². The maximum Gasteiger partial charge on any atom is 0.267 e. The Balaban J connectivity index is 1.87. The van der Waals surface area contributed by atoms with Crippen molar-refractivity contribution >= 4 is 11.6 Å². The number of nitrogens with two attached hydrogens (primary N) is 1. The highest BCUT2D eigenvalue weighted by Gasteiger charge is 2.10. The average Bonchev–Trinajstić information content (AvgIpc) is 2.88. The summed E-state index contributed by atoms with van der Waals surface area (Å²) in [5.74, 6) is 0.598. The monoisotopic (exact) mass is 234 g/mol.